The fraction of sp³-hybridized carbons (Fsp3) is 0. The highest BCUT2D eigenvalue weighted by Gasteiger charge is 2.24. The molecule has 0 fully saturated rings. The molecular weight excluding hydrogens is 845 g/mol. The van der Waals surface area contributed by atoms with Crippen molar-refractivity contribution in [3.63, 3.8) is 0 Å². The number of hydrogen-bond acceptors (Lipinski definition) is 4. The summed E-state index contributed by atoms with van der Waals surface area (Å²) in [4.78, 5) is 16.2. The first kappa shape index (κ1) is 38.5. The van der Waals surface area contributed by atoms with E-state index in [0.717, 1.165) is 71.8 Å². The molecule has 0 aliphatic rings. The van der Waals surface area contributed by atoms with Crippen molar-refractivity contribution < 1.29 is 0 Å². The molecule has 0 bridgehead atoms. The van der Waals surface area contributed by atoms with Crippen molar-refractivity contribution in [2.75, 3.05) is 0 Å². The second-order valence-electron chi connectivity index (χ2n) is 17.5. The molecule has 11 aromatic carbocycles. The molecule has 0 spiro atoms. The number of nitrogens with zero attached hydrogens (tertiary/aromatic N) is 4. The van der Waals surface area contributed by atoms with Crippen molar-refractivity contribution in [1.82, 2.24) is 19.5 Å². The molecule has 0 aliphatic carbocycles. The van der Waals surface area contributed by atoms with Crippen LogP contribution in [0.4, 0.5) is 0 Å². The summed E-state index contributed by atoms with van der Waals surface area (Å²) in [7, 11) is 0. The van der Waals surface area contributed by atoms with Crippen molar-refractivity contribution >= 4 is 85.6 Å². The first-order chi connectivity index (χ1) is 33.7. The number of thiophene rings is 1. The van der Waals surface area contributed by atoms with Gasteiger partial charge in [0.05, 0.1) is 16.7 Å². The van der Waals surface area contributed by atoms with Crippen LogP contribution >= 0.6 is 11.3 Å². The molecule has 14 rings (SSSR count). The van der Waals surface area contributed by atoms with Crippen LogP contribution in [-0.2, 0) is 0 Å². The van der Waals surface area contributed by atoms with Gasteiger partial charge in [-0.2, -0.15) is 0 Å². The average Bonchev–Trinajstić information content (AvgIpc) is 3.94. The Morgan fingerprint density at radius 3 is 1.49 bits per heavy atom. The monoisotopic (exact) mass is 882 g/mol. The van der Waals surface area contributed by atoms with Gasteiger partial charge in [0.15, 0.2) is 17.5 Å². The van der Waals surface area contributed by atoms with Gasteiger partial charge < -0.3 is 4.57 Å². The topological polar surface area (TPSA) is 43.6 Å². The van der Waals surface area contributed by atoms with Crippen LogP contribution in [0, 0.1) is 0 Å². The van der Waals surface area contributed by atoms with Crippen molar-refractivity contribution in [2.45, 2.75) is 0 Å². The van der Waals surface area contributed by atoms with Crippen LogP contribution in [0.2, 0.25) is 0 Å². The molecule has 0 saturated carbocycles. The first-order valence-corrected chi connectivity index (χ1v) is 23.8. The SMILES string of the molecule is c1ccc(-c2cccc(-c3cc(-c4nc(-c5ccccc5)nc(-c5cccc6sc7ccccc7c56)n4)c4ccccc4c3-n3c4cc5ccccc5cc4c4cc5ccccc5cc43)c2)cc1. The average molecular weight is 883 g/mol. The van der Waals surface area contributed by atoms with Gasteiger partial charge in [0, 0.05) is 58.6 Å². The van der Waals surface area contributed by atoms with Crippen LogP contribution in [0.3, 0.4) is 0 Å². The summed E-state index contributed by atoms with van der Waals surface area (Å²) in [6.07, 6.45) is 0. The summed E-state index contributed by atoms with van der Waals surface area (Å²) in [6.45, 7) is 0. The fourth-order valence-electron chi connectivity index (χ4n) is 10.4. The zero-order valence-electron chi connectivity index (χ0n) is 36.6. The van der Waals surface area contributed by atoms with E-state index in [4.69, 9.17) is 15.0 Å². The molecular formula is C63H38N4S. The van der Waals surface area contributed by atoms with Crippen molar-refractivity contribution in [3.8, 4) is 62.1 Å². The maximum atomic E-state index is 5.52. The zero-order chi connectivity index (χ0) is 44.7. The predicted molar refractivity (Wildman–Crippen MR) is 287 cm³/mol. The second kappa shape index (κ2) is 15.4. The van der Waals surface area contributed by atoms with Crippen LogP contribution in [0.1, 0.15) is 0 Å². The number of fused-ring (bicyclic) bond motifs is 9. The van der Waals surface area contributed by atoms with Gasteiger partial charge in [-0.3, -0.25) is 0 Å². The van der Waals surface area contributed by atoms with E-state index in [2.05, 4.69) is 217 Å². The van der Waals surface area contributed by atoms with E-state index in [1.54, 1.807) is 11.3 Å². The Morgan fingerprint density at radius 1 is 0.294 bits per heavy atom. The van der Waals surface area contributed by atoms with Gasteiger partial charge in [-0.25, -0.2) is 15.0 Å². The van der Waals surface area contributed by atoms with Crippen LogP contribution in [0.5, 0.6) is 0 Å². The van der Waals surface area contributed by atoms with Gasteiger partial charge in [-0.15, -0.1) is 11.3 Å². The summed E-state index contributed by atoms with van der Waals surface area (Å²) in [5, 5.41) is 11.8. The van der Waals surface area contributed by atoms with Crippen LogP contribution in [0.25, 0.3) is 136 Å². The minimum atomic E-state index is 0.618. The summed E-state index contributed by atoms with van der Waals surface area (Å²) < 4.78 is 4.97. The molecule has 0 amide bonds. The Bertz CT molecular complexity index is 4230. The summed E-state index contributed by atoms with van der Waals surface area (Å²) in [5.74, 6) is 1.89. The molecule has 0 radical (unpaired) electrons. The van der Waals surface area contributed by atoms with Gasteiger partial charge in [-0.1, -0.05) is 182 Å². The van der Waals surface area contributed by atoms with E-state index in [1.807, 2.05) is 18.2 Å². The Hall–Kier alpha value is -8.77. The molecule has 0 saturated heterocycles. The Morgan fingerprint density at radius 2 is 0.794 bits per heavy atom. The maximum absolute atomic E-state index is 5.52. The van der Waals surface area contributed by atoms with E-state index >= 15 is 0 Å². The standard InChI is InChI=1S/C63H38N4S/c1-3-17-39(18-4-1)41-25-15-26-46(33-41)51-38-54(63-65-61(40-19-5-2-6-20-40)64-62(66-63)50-30-16-32-58-59(50)49-29-13-14-31-57(49)68-58)47-27-11-12-28-48(47)60(51)67-55-36-44-23-9-7-21-42(44)34-52(55)53-35-43-22-8-10-24-45(43)37-56(53)67/h1-38H. The Balaban J connectivity index is 1.12. The number of aromatic nitrogens is 4. The second-order valence-corrected chi connectivity index (χ2v) is 18.6. The normalized spacial score (nSPS) is 11.8. The lowest BCUT2D eigenvalue weighted by molar-refractivity contribution is 1.08. The third kappa shape index (κ3) is 6.17. The molecule has 14 aromatic rings. The quantitative estimate of drug-likeness (QED) is 0.167. The molecule has 0 aliphatic heterocycles. The number of hydrogen-bond donors (Lipinski definition) is 0. The summed E-state index contributed by atoms with van der Waals surface area (Å²) >= 11 is 1.80. The highest BCUT2D eigenvalue weighted by molar-refractivity contribution is 7.25. The third-order valence-electron chi connectivity index (χ3n) is 13.6. The molecule has 0 unspecified atom stereocenters. The van der Waals surface area contributed by atoms with Gasteiger partial charge in [-0.05, 0) is 92.2 Å². The van der Waals surface area contributed by atoms with Gasteiger partial charge in [0.1, 0.15) is 0 Å². The van der Waals surface area contributed by atoms with E-state index < -0.39 is 0 Å². The van der Waals surface area contributed by atoms with Crippen LogP contribution in [-0.4, -0.2) is 19.5 Å². The van der Waals surface area contributed by atoms with Gasteiger partial charge >= 0.3 is 0 Å². The smallest absolute Gasteiger partial charge is 0.164 e. The number of benzene rings is 11. The first-order valence-electron chi connectivity index (χ1n) is 23.0. The van der Waals surface area contributed by atoms with E-state index in [0.29, 0.717) is 17.5 Å². The number of rotatable bonds is 6. The molecule has 3 aromatic heterocycles. The highest BCUT2D eigenvalue weighted by atomic mass is 32.1. The minimum absolute atomic E-state index is 0.618. The lowest BCUT2D eigenvalue weighted by atomic mass is 9.91. The predicted octanol–water partition coefficient (Wildman–Crippen LogP) is 17.1. The van der Waals surface area contributed by atoms with Crippen LogP contribution < -0.4 is 0 Å². The molecule has 4 nitrogen and oxygen atoms in total. The van der Waals surface area contributed by atoms with Crippen LogP contribution in [0.15, 0.2) is 231 Å². The Labute approximate surface area is 395 Å². The molecule has 0 atom stereocenters. The van der Waals surface area contributed by atoms with Crippen molar-refractivity contribution in [3.05, 3.63) is 231 Å². The maximum Gasteiger partial charge on any atom is 0.164 e. The molecule has 0 N–H and O–H groups in total. The van der Waals surface area contributed by atoms with E-state index in [9.17, 15) is 0 Å². The largest absolute Gasteiger partial charge is 0.308 e. The minimum Gasteiger partial charge on any atom is -0.308 e. The molecule has 3 heterocycles. The van der Waals surface area contributed by atoms with Gasteiger partial charge in [0.2, 0.25) is 0 Å². The molecule has 316 valence electrons. The lowest BCUT2D eigenvalue weighted by Gasteiger charge is -2.21. The summed E-state index contributed by atoms with van der Waals surface area (Å²) in [6, 6.07) is 83.1. The lowest BCUT2D eigenvalue weighted by Crippen LogP contribution is -2.04. The van der Waals surface area contributed by atoms with Crippen molar-refractivity contribution in [1.29, 1.82) is 0 Å². The Kier molecular flexibility index (Phi) is 8.73. The zero-order valence-corrected chi connectivity index (χ0v) is 37.5. The summed E-state index contributed by atoms with van der Waals surface area (Å²) in [5.41, 5.74) is 10.7. The third-order valence-corrected chi connectivity index (χ3v) is 14.7. The fourth-order valence-corrected chi connectivity index (χ4v) is 11.6. The molecule has 5 heteroatoms. The molecule has 68 heavy (non-hydrogen) atoms. The van der Waals surface area contributed by atoms with Crippen molar-refractivity contribution in [2.24, 2.45) is 0 Å². The van der Waals surface area contributed by atoms with E-state index in [-0.39, 0.29) is 0 Å². The van der Waals surface area contributed by atoms with E-state index in [1.165, 1.54) is 47.1 Å². The highest BCUT2D eigenvalue weighted by Crippen LogP contribution is 2.46. The van der Waals surface area contributed by atoms with Gasteiger partial charge in [0.25, 0.3) is 0 Å².